The van der Waals surface area contributed by atoms with Gasteiger partial charge >= 0.3 is 0 Å². The largest absolute Gasteiger partial charge is 0.367 e. The molecule has 2 rings (SSSR count). The van der Waals surface area contributed by atoms with Gasteiger partial charge in [0.1, 0.15) is 5.52 Å². The number of rotatable bonds is 1. The molecule has 0 fully saturated rings. The van der Waals surface area contributed by atoms with Gasteiger partial charge in [0, 0.05) is 0 Å². The van der Waals surface area contributed by atoms with Crippen molar-refractivity contribution in [2.24, 2.45) is 0 Å². The lowest BCUT2D eigenvalue weighted by atomic mass is 10.2. The lowest BCUT2D eigenvalue weighted by Gasteiger charge is -1.98. The van der Waals surface area contributed by atoms with Crippen LogP contribution in [0, 0.1) is 18.2 Å². The molecule has 2 heterocycles. The van der Waals surface area contributed by atoms with E-state index in [1.165, 1.54) is 10.7 Å². The third-order valence-corrected chi connectivity index (χ3v) is 2.22. The molecule has 2 aromatic heterocycles. The summed E-state index contributed by atoms with van der Waals surface area (Å²) in [6.45, 7) is 1.88. The Bertz CT molecular complexity index is 565. The Morgan fingerprint density at radius 3 is 3.00 bits per heavy atom. The highest BCUT2D eigenvalue weighted by Gasteiger charge is 2.16. The summed E-state index contributed by atoms with van der Waals surface area (Å²) in [5, 5.41) is 3.92. The van der Waals surface area contributed by atoms with E-state index in [4.69, 9.17) is 12.2 Å². The van der Waals surface area contributed by atoms with E-state index in [-0.39, 0.29) is 17.0 Å². The van der Waals surface area contributed by atoms with Gasteiger partial charge in [0.2, 0.25) is 5.95 Å². The Hall–Kier alpha value is -2.09. The van der Waals surface area contributed by atoms with Crippen LogP contribution in [0.15, 0.2) is 6.20 Å². The van der Waals surface area contributed by atoms with Crippen molar-refractivity contribution in [3.05, 3.63) is 23.3 Å². The minimum absolute atomic E-state index is 0.0933. The molecule has 0 atom stereocenters. The summed E-state index contributed by atoms with van der Waals surface area (Å²) in [4.78, 5) is 3.73. The zero-order chi connectivity index (χ0) is 11.0. The molecule has 0 saturated carbocycles. The monoisotopic (exact) mass is 204 g/mol. The predicted octanol–water partition coefficient (Wildman–Crippen LogP) is 0.994. The molecule has 4 nitrogen and oxygen atoms in total. The zero-order valence-electron chi connectivity index (χ0n) is 8.16. The van der Waals surface area contributed by atoms with Gasteiger partial charge in [-0.25, -0.2) is 13.9 Å². The van der Waals surface area contributed by atoms with E-state index in [1.807, 2.05) is 6.92 Å². The summed E-state index contributed by atoms with van der Waals surface area (Å²) in [5.74, 6) is 1.95. The molecule has 2 aromatic rings. The first-order valence-corrected chi connectivity index (χ1v) is 4.47. The van der Waals surface area contributed by atoms with Crippen LogP contribution < -0.4 is 5.73 Å². The maximum Gasteiger partial charge on any atom is 0.238 e. The Balaban J connectivity index is 2.93. The van der Waals surface area contributed by atoms with Crippen LogP contribution in [-0.4, -0.2) is 14.6 Å². The standard InChI is InChI=1S/C10H9FN4/c1-3-6-7(4-2)15-8(9(6)11)5-13-10(12)14-15/h1,5H,4H2,2H3,(H2,12,14). The molecule has 0 unspecified atom stereocenters. The van der Waals surface area contributed by atoms with Gasteiger partial charge in [-0.15, -0.1) is 11.5 Å². The molecule has 0 amide bonds. The molecule has 0 saturated heterocycles. The van der Waals surface area contributed by atoms with Crippen LogP contribution in [0.5, 0.6) is 0 Å². The van der Waals surface area contributed by atoms with E-state index in [1.54, 1.807) is 0 Å². The average Bonchev–Trinajstić information content (AvgIpc) is 2.50. The lowest BCUT2D eigenvalue weighted by molar-refractivity contribution is 0.635. The highest BCUT2D eigenvalue weighted by Crippen LogP contribution is 2.20. The van der Waals surface area contributed by atoms with Gasteiger partial charge in [0.05, 0.1) is 17.5 Å². The molecule has 0 aliphatic rings. The van der Waals surface area contributed by atoms with Crippen molar-refractivity contribution >= 4 is 11.5 Å². The molecular weight excluding hydrogens is 195 g/mol. The van der Waals surface area contributed by atoms with E-state index < -0.39 is 5.82 Å². The Labute approximate surface area is 85.9 Å². The first kappa shape index (κ1) is 9.46. The number of anilines is 1. The van der Waals surface area contributed by atoms with Crippen LogP contribution in [0.25, 0.3) is 5.52 Å². The van der Waals surface area contributed by atoms with Crippen molar-refractivity contribution in [2.75, 3.05) is 5.73 Å². The third-order valence-electron chi connectivity index (χ3n) is 2.22. The number of nitrogens with two attached hydrogens (primary N) is 1. The second kappa shape index (κ2) is 3.24. The number of fused-ring (bicyclic) bond motifs is 1. The van der Waals surface area contributed by atoms with Crippen LogP contribution in [0.4, 0.5) is 10.3 Å². The fourth-order valence-electron chi connectivity index (χ4n) is 1.55. The van der Waals surface area contributed by atoms with Gasteiger partial charge in [0.25, 0.3) is 0 Å². The Kier molecular flexibility index (Phi) is 2.05. The smallest absolute Gasteiger partial charge is 0.238 e. The summed E-state index contributed by atoms with van der Waals surface area (Å²) in [7, 11) is 0. The van der Waals surface area contributed by atoms with Crippen molar-refractivity contribution in [3.8, 4) is 12.3 Å². The molecule has 0 aliphatic carbocycles. The average molecular weight is 204 g/mol. The number of terminal acetylenes is 1. The maximum atomic E-state index is 13.7. The van der Waals surface area contributed by atoms with E-state index in [0.717, 1.165) is 0 Å². The van der Waals surface area contributed by atoms with Gasteiger partial charge in [-0.05, 0) is 6.42 Å². The van der Waals surface area contributed by atoms with E-state index in [0.29, 0.717) is 12.1 Å². The van der Waals surface area contributed by atoms with Gasteiger partial charge in [-0.3, -0.25) is 0 Å². The minimum Gasteiger partial charge on any atom is -0.367 e. The second-order valence-electron chi connectivity index (χ2n) is 3.05. The van der Waals surface area contributed by atoms with Crippen molar-refractivity contribution in [1.82, 2.24) is 14.6 Å². The number of aromatic nitrogens is 3. The van der Waals surface area contributed by atoms with Crippen molar-refractivity contribution < 1.29 is 4.39 Å². The van der Waals surface area contributed by atoms with Crippen LogP contribution >= 0.6 is 0 Å². The normalized spacial score (nSPS) is 10.5. The summed E-state index contributed by atoms with van der Waals surface area (Å²) in [6, 6.07) is 0. The number of hydrogen-bond acceptors (Lipinski definition) is 3. The lowest BCUT2D eigenvalue weighted by Crippen LogP contribution is -2.03. The minimum atomic E-state index is -0.464. The van der Waals surface area contributed by atoms with Crippen molar-refractivity contribution in [3.63, 3.8) is 0 Å². The molecule has 0 aliphatic heterocycles. The van der Waals surface area contributed by atoms with Crippen molar-refractivity contribution in [1.29, 1.82) is 0 Å². The molecule has 0 radical (unpaired) electrons. The number of halogens is 1. The van der Waals surface area contributed by atoms with E-state index >= 15 is 0 Å². The van der Waals surface area contributed by atoms with Gasteiger partial charge in [0.15, 0.2) is 5.82 Å². The highest BCUT2D eigenvalue weighted by molar-refractivity contribution is 5.58. The second-order valence-corrected chi connectivity index (χ2v) is 3.05. The summed E-state index contributed by atoms with van der Waals surface area (Å²) >= 11 is 0. The summed E-state index contributed by atoms with van der Waals surface area (Å²) < 4.78 is 15.1. The molecule has 15 heavy (non-hydrogen) atoms. The van der Waals surface area contributed by atoms with Gasteiger partial charge in [-0.1, -0.05) is 12.8 Å². The number of nitrogen functional groups attached to an aromatic ring is 1. The summed E-state index contributed by atoms with van der Waals surface area (Å²) in [6.07, 6.45) is 7.16. The zero-order valence-corrected chi connectivity index (χ0v) is 8.16. The molecule has 0 aromatic carbocycles. The fraction of sp³-hybridized carbons (Fsp3) is 0.200. The van der Waals surface area contributed by atoms with Crippen LogP contribution in [-0.2, 0) is 6.42 Å². The molecular formula is C10H9FN4. The van der Waals surface area contributed by atoms with E-state index in [9.17, 15) is 4.39 Å². The maximum absolute atomic E-state index is 13.7. The van der Waals surface area contributed by atoms with Crippen LogP contribution in [0.1, 0.15) is 18.2 Å². The quantitative estimate of drug-likeness (QED) is 0.705. The molecule has 5 heteroatoms. The first-order valence-electron chi connectivity index (χ1n) is 4.47. The van der Waals surface area contributed by atoms with Crippen molar-refractivity contribution in [2.45, 2.75) is 13.3 Å². The Morgan fingerprint density at radius 1 is 1.67 bits per heavy atom. The van der Waals surface area contributed by atoms with Crippen LogP contribution in [0.3, 0.4) is 0 Å². The van der Waals surface area contributed by atoms with Gasteiger partial charge < -0.3 is 5.73 Å². The van der Waals surface area contributed by atoms with Gasteiger partial charge in [-0.2, -0.15) is 0 Å². The highest BCUT2D eigenvalue weighted by atomic mass is 19.1. The topological polar surface area (TPSA) is 56.2 Å². The Morgan fingerprint density at radius 2 is 2.40 bits per heavy atom. The van der Waals surface area contributed by atoms with E-state index in [2.05, 4.69) is 16.0 Å². The molecule has 76 valence electrons. The number of hydrogen-bond donors (Lipinski definition) is 1. The molecule has 0 spiro atoms. The number of nitrogens with zero attached hydrogens (tertiary/aromatic N) is 3. The third kappa shape index (κ3) is 1.22. The first-order chi connectivity index (χ1) is 7.19. The number of aryl methyl sites for hydroxylation is 1. The fourth-order valence-corrected chi connectivity index (χ4v) is 1.55. The molecule has 0 bridgehead atoms. The molecule has 2 N–H and O–H groups in total. The SMILES string of the molecule is C#Cc1c(F)c2cnc(N)nn2c1CC. The predicted molar refractivity (Wildman–Crippen MR) is 54.7 cm³/mol. The summed E-state index contributed by atoms with van der Waals surface area (Å²) in [5.41, 5.74) is 6.56. The van der Waals surface area contributed by atoms with Crippen LogP contribution in [0.2, 0.25) is 0 Å².